The van der Waals surface area contributed by atoms with E-state index in [1.807, 2.05) is 17.8 Å². The number of aryl methyl sites for hydroxylation is 1. The van der Waals surface area contributed by atoms with Gasteiger partial charge in [0.15, 0.2) is 5.69 Å². The summed E-state index contributed by atoms with van der Waals surface area (Å²) in [5.41, 5.74) is 0.252. The standard InChI is InChI=1S/C16H21N5O3/c1-21-8-7-17-15(21)14(11-5-9-24-10-6-11)18-16(22)12-3-4-13(23-2)20-19-12/h3-4,7-8,11,14H,5-6,9-10H2,1-2H3,(H,18,22)/t14-/m0/s1. The molecule has 1 aliphatic heterocycles. The molecule has 128 valence electrons. The summed E-state index contributed by atoms with van der Waals surface area (Å²) in [5.74, 6) is 1.20. The van der Waals surface area contributed by atoms with Gasteiger partial charge in [-0.1, -0.05) is 0 Å². The Bertz CT molecular complexity index is 679. The number of aromatic nitrogens is 4. The third-order valence-corrected chi connectivity index (χ3v) is 4.24. The van der Waals surface area contributed by atoms with Crippen LogP contribution in [0, 0.1) is 5.92 Å². The number of hydrogen-bond acceptors (Lipinski definition) is 6. The Labute approximate surface area is 140 Å². The van der Waals surface area contributed by atoms with E-state index in [0.717, 1.165) is 18.7 Å². The van der Waals surface area contributed by atoms with Crippen molar-refractivity contribution in [2.75, 3.05) is 20.3 Å². The molecule has 1 atom stereocenters. The van der Waals surface area contributed by atoms with Gasteiger partial charge in [-0.2, -0.15) is 0 Å². The van der Waals surface area contributed by atoms with E-state index in [2.05, 4.69) is 20.5 Å². The molecule has 24 heavy (non-hydrogen) atoms. The first-order valence-corrected chi connectivity index (χ1v) is 7.92. The highest BCUT2D eigenvalue weighted by Crippen LogP contribution is 2.29. The van der Waals surface area contributed by atoms with Gasteiger partial charge in [0.25, 0.3) is 5.91 Å². The van der Waals surface area contributed by atoms with Crippen molar-refractivity contribution in [3.05, 3.63) is 36.0 Å². The van der Waals surface area contributed by atoms with Gasteiger partial charge in [-0.05, 0) is 24.8 Å². The molecule has 0 unspecified atom stereocenters. The Hall–Kier alpha value is -2.48. The molecule has 3 rings (SSSR count). The van der Waals surface area contributed by atoms with Crippen LogP contribution < -0.4 is 10.1 Å². The minimum absolute atomic E-state index is 0.190. The van der Waals surface area contributed by atoms with Crippen molar-refractivity contribution in [2.24, 2.45) is 13.0 Å². The van der Waals surface area contributed by atoms with Crippen molar-refractivity contribution in [1.82, 2.24) is 25.1 Å². The zero-order valence-electron chi connectivity index (χ0n) is 13.8. The maximum absolute atomic E-state index is 12.6. The number of rotatable bonds is 5. The molecule has 2 aromatic heterocycles. The summed E-state index contributed by atoms with van der Waals surface area (Å²) in [6, 6.07) is 3.03. The number of nitrogens with zero attached hydrogens (tertiary/aromatic N) is 4. The third kappa shape index (κ3) is 3.53. The number of hydrogen-bond donors (Lipinski definition) is 1. The first-order chi connectivity index (χ1) is 11.7. The van der Waals surface area contributed by atoms with Gasteiger partial charge in [0, 0.05) is 38.7 Å². The number of ether oxygens (including phenoxy) is 2. The smallest absolute Gasteiger partial charge is 0.272 e. The molecule has 8 heteroatoms. The molecule has 1 amide bonds. The lowest BCUT2D eigenvalue weighted by atomic mass is 9.91. The Kier molecular flexibility index (Phi) is 5.05. The number of carbonyl (C=O) groups excluding carboxylic acids is 1. The minimum Gasteiger partial charge on any atom is -0.480 e. The quantitative estimate of drug-likeness (QED) is 0.883. The lowest BCUT2D eigenvalue weighted by Crippen LogP contribution is -2.37. The van der Waals surface area contributed by atoms with Gasteiger partial charge in [0.05, 0.1) is 13.2 Å². The normalized spacial score (nSPS) is 16.6. The van der Waals surface area contributed by atoms with E-state index in [-0.39, 0.29) is 23.6 Å². The van der Waals surface area contributed by atoms with Gasteiger partial charge in [-0.3, -0.25) is 4.79 Å². The van der Waals surface area contributed by atoms with Crippen LogP contribution in [-0.4, -0.2) is 46.0 Å². The molecule has 1 fully saturated rings. The molecule has 0 aromatic carbocycles. The number of amides is 1. The van der Waals surface area contributed by atoms with E-state index < -0.39 is 0 Å². The predicted molar refractivity (Wildman–Crippen MR) is 85.5 cm³/mol. The Balaban J connectivity index is 1.80. The van der Waals surface area contributed by atoms with Crippen molar-refractivity contribution in [1.29, 1.82) is 0 Å². The predicted octanol–water partition coefficient (Wildman–Crippen LogP) is 1.12. The van der Waals surface area contributed by atoms with E-state index in [9.17, 15) is 4.79 Å². The number of carbonyl (C=O) groups is 1. The summed E-state index contributed by atoms with van der Waals surface area (Å²) in [6.07, 6.45) is 5.38. The highest BCUT2D eigenvalue weighted by molar-refractivity contribution is 5.92. The Morgan fingerprint density at radius 2 is 2.17 bits per heavy atom. The van der Waals surface area contributed by atoms with Gasteiger partial charge in [-0.15, -0.1) is 10.2 Å². The monoisotopic (exact) mass is 331 g/mol. The van der Waals surface area contributed by atoms with Crippen LogP contribution in [0.25, 0.3) is 0 Å². The second-order valence-corrected chi connectivity index (χ2v) is 5.76. The zero-order chi connectivity index (χ0) is 16.9. The fourth-order valence-electron chi connectivity index (χ4n) is 2.88. The minimum atomic E-state index is -0.273. The first kappa shape index (κ1) is 16.4. The molecule has 8 nitrogen and oxygen atoms in total. The maximum Gasteiger partial charge on any atom is 0.272 e. The fourth-order valence-corrected chi connectivity index (χ4v) is 2.88. The third-order valence-electron chi connectivity index (χ3n) is 4.24. The van der Waals surface area contributed by atoms with Crippen LogP contribution in [0.5, 0.6) is 5.88 Å². The summed E-state index contributed by atoms with van der Waals surface area (Å²) in [6.45, 7) is 1.40. The van der Waals surface area contributed by atoms with Crippen molar-refractivity contribution in [2.45, 2.75) is 18.9 Å². The highest BCUT2D eigenvalue weighted by Gasteiger charge is 2.30. The SMILES string of the molecule is COc1ccc(C(=O)N[C@H](c2nccn2C)C2CCOCC2)nn1. The average Bonchev–Trinajstić information content (AvgIpc) is 3.06. The van der Waals surface area contributed by atoms with Gasteiger partial charge < -0.3 is 19.4 Å². The van der Waals surface area contributed by atoms with Gasteiger partial charge in [0.2, 0.25) is 5.88 Å². The van der Waals surface area contributed by atoms with Crippen molar-refractivity contribution in [3.8, 4) is 5.88 Å². The summed E-state index contributed by atoms with van der Waals surface area (Å²) < 4.78 is 12.3. The molecule has 2 aromatic rings. The average molecular weight is 331 g/mol. The second-order valence-electron chi connectivity index (χ2n) is 5.76. The number of imidazole rings is 1. The zero-order valence-corrected chi connectivity index (χ0v) is 13.8. The van der Waals surface area contributed by atoms with Crippen LogP contribution in [-0.2, 0) is 11.8 Å². The van der Waals surface area contributed by atoms with Crippen LogP contribution >= 0.6 is 0 Å². The Morgan fingerprint density at radius 1 is 1.38 bits per heavy atom. The molecule has 0 saturated carbocycles. The van der Waals surface area contributed by atoms with Crippen molar-refractivity contribution < 1.29 is 14.3 Å². The fraction of sp³-hybridized carbons (Fsp3) is 0.500. The van der Waals surface area contributed by atoms with Crippen molar-refractivity contribution in [3.63, 3.8) is 0 Å². The molecular formula is C16H21N5O3. The molecule has 1 saturated heterocycles. The number of methoxy groups -OCH3 is 1. The molecule has 0 bridgehead atoms. The first-order valence-electron chi connectivity index (χ1n) is 7.92. The Morgan fingerprint density at radius 3 is 2.75 bits per heavy atom. The molecule has 1 N–H and O–H groups in total. The summed E-state index contributed by atoms with van der Waals surface area (Å²) >= 11 is 0. The van der Waals surface area contributed by atoms with Gasteiger partial charge >= 0.3 is 0 Å². The van der Waals surface area contributed by atoms with E-state index >= 15 is 0 Å². The lowest BCUT2D eigenvalue weighted by Gasteiger charge is -2.30. The van der Waals surface area contributed by atoms with E-state index in [0.29, 0.717) is 19.1 Å². The summed E-state index contributed by atoms with van der Waals surface area (Å²) in [5, 5.41) is 10.8. The topological polar surface area (TPSA) is 91.2 Å². The molecule has 0 aliphatic carbocycles. The molecule has 3 heterocycles. The molecule has 0 radical (unpaired) electrons. The van der Waals surface area contributed by atoms with Crippen molar-refractivity contribution >= 4 is 5.91 Å². The van der Waals surface area contributed by atoms with Crippen LogP contribution in [0.3, 0.4) is 0 Å². The highest BCUT2D eigenvalue weighted by atomic mass is 16.5. The van der Waals surface area contributed by atoms with Crippen LogP contribution in [0.1, 0.15) is 35.2 Å². The second kappa shape index (κ2) is 7.39. The van der Waals surface area contributed by atoms with Gasteiger partial charge in [-0.25, -0.2) is 4.98 Å². The number of nitrogens with one attached hydrogen (secondary N) is 1. The van der Waals surface area contributed by atoms with Crippen LogP contribution in [0.4, 0.5) is 0 Å². The summed E-state index contributed by atoms with van der Waals surface area (Å²) in [7, 11) is 3.43. The summed E-state index contributed by atoms with van der Waals surface area (Å²) in [4.78, 5) is 17.0. The molecule has 0 spiro atoms. The molecular weight excluding hydrogens is 310 g/mol. The maximum atomic E-state index is 12.6. The van der Waals surface area contributed by atoms with Crippen LogP contribution in [0.15, 0.2) is 24.5 Å². The van der Waals surface area contributed by atoms with E-state index in [1.54, 1.807) is 18.3 Å². The lowest BCUT2D eigenvalue weighted by molar-refractivity contribution is 0.0498. The van der Waals surface area contributed by atoms with E-state index in [1.165, 1.54) is 7.11 Å². The largest absolute Gasteiger partial charge is 0.480 e. The van der Waals surface area contributed by atoms with Gasteiger partial charge in [0.1, 0.15) is 5.82 Å². The van der Waals surface area contributed by atoms with E-state index in [4.69, 9.17) is 9.47 Å². The molecule has 1 aliphatic rings. The van der Waals surface area contributed by atoms with Crippen LogP contribution in [0.2, 0.25) is 0 Å².